The van der Waals surface area contributed by atoms with Gasteiger partial charge in [-0.3, -0.25) is 0 Å². The maximum atomic E-state index is 13.3. The lowest BCUT2D eigenvalue weighted by Crippen LogP contribution is -2.30. The summed E-state index contributed by atoms with van der Waals surface area (Å²) >= 11 is 0. The minimum Gasteiger partial charge on any atom is -0.446 e. The molecular formula is C12H18BFO. The van der Waals surface area contributed by atoms with E-state index in [0.29, 0.717) is 5.46 Å². The number of benzene rings is 1. The zero-order valence-electron chi connectivity index (χ0n) is 9.84. The molecule has 3 heteroatoms. The second-order valence-corrected chi connectivity index (χ2v) is 5.27. The summed E-state index contributed by atoms with van der Waals surface area (Å²) in [4.78, 5) is 0. The predicted molar refractivity (Wildman–Crippen MR) is 63.0 cm³/mol. The maximum absolute atomic E-state index is 13.3. The summed E-state index contributed by atoms with van der Waals surface area (Å²) in [5, 5.41) is 9.39. The van der Waals surface area contributed by atoms with Gasteiger partial charge in [0.2, 0.25) is 0 Å². The van der Waals surface area contributed by atoms with E-state index in [1.807, 2.05) is 0 Å². The number of hydrogen-bond donors (Lipinski definition) is 1. The van der Waals surface area contributed by atoms with Gasteiger partial charge in [0.25, 0.3) is 0 Å². The molecule has 0 amide bonds. The van der Waals surface area contributed by atoms with Crippen LogP contribution >= 0.6 is 0 Å². The molecule has 82 valence electrons. The van der Waals surface area contributed by atoms with Crippen LogP contribution in [0, 0.1) is 11.2 Å². The summed E-state index contributed by atoms with van der Waals surface area (Å²) in [6.45, 7) is 7.25. The molecule has 0 saturated carbocycles. The quantitative estimate of drug-likeness (QED) is 0.739. The standard InChI is InChI=1S/C12H18BFO/c1-12(2,3)8-9-5-6-11(14)10(7-9)13(4)15/h5-7,15H,8H2,1-4H3. The molecule has 0 radical (unpaired) electrons. The van der Waals surface area contributed by atoms with Gasteiger partial charge in [0, 0.05) is 0 Å². The van der Waals surface area contributed by atoms with Crippen molar-refractivity contribution in [2.45, 2.75) is 34.0 Å². The van der Waals surface area contributed by atoms with Crippen LogP contribution < -0.4 is 5.46 Å². The Morgan fingerprint density at radius 2 is 1.93 bits per heavy atom. The van der Waals surface area contributed by atoms with Gasteiger partial charge in [0.05, 0.1) is 0 Å². The van der Waals surface area contributed by atoms with Gasteiger partial charge in [-0.05, 0) is 28.9 Å². The molecule has 0 atom stereocenters. The van der Waals surface area contributed by atoms with Crippen molar-refractivity contribution in [3.05, 3.63) is 29.6 Å². The second kappa shape index (κ2) is 4.36. The summed E-state index contributed by atoms with van der Waals surface area (Å²) in [7, 11) is 0. The first-order chi connectivity index (χ1) is 6.79. The largest absolute Gasteiger partial charge is 0.446 e. The third-order valence-electron chi connectivity index (χ3n) is 2.24. The lowest BCUT2D eigenvalue weighted by atomic mass is 9.63. The van der Waals surface area contributed by atoms with Crippen LogP contribution in [0.2, 0.25) is 6.82 Å². The Hall–Kier alpha value is -0.825. The number of hydrogen-bond acceptors (Lipinski definition) is 1. The van der Waals surface area contributed by atoms with Crippen molar-refractivity contribution in [1.82, 2.24) is 0 Å². The zero-order valence-corrected chi connectivity index (χ0v) is 9.84. The van der Waals surface area contributed by atoms with Gasteiger partial charge in [-0.25, -0.2) is 4.39 Å². The summed E-state index contributed by atoms with van der Waals surface area (Å²) in [6, 6.07) is 4.97. The van der Waals surface area contributed by atoms with Crippen molar-refractivity contribution in [2.75, 3.05) is 0 Å². The average Bonchev–Trinajstić information content (AvgIpc) is 2.05. The molecule has 0 aliphatic heterocycles. The van der Waals surface area contributed by atoms with Gasteiger partial charge in [-0.2, -0.15) is 0 Å². The SMILES string of the molecule is CB(O)c1cc(CC(C)(C)C)ccc1F. The van der Waals surface area contributed by atoms with Crippen molar-refractivity contribution < 1.29 is 9.41 Å². The van der Waals surface area contributed by atoms with E-state index in [2.05, 4.69) is 20.8 Å². The van der Waals surface area contributed by atoms with Crippen LogP contribution in [0.25, 0.3) is 0 Å². The summed E-state index contributed by atoms with van der Waals surface area (Å²) < 4.78 is 13.3. The van der Waals surface area contributed by atoms with Crippen LogP contribution in [0.1, 0.15) is 26.3 Å². The molecule has 0 heterocycles. The zero-order chi connectivity index (χ0) is 11.6. The van der Waals surface area contributed by atoms with Crippen molar-refractivity contribution in [3.63, 3.8) is 0 Å². The van der Waals surface area contributed by atoms with Gasteiger partial charge in [-0.15, -0.1) is 0 Å². The molecule has 1 aromatic carbocycles. The summed E-state index contributed by atoms with van der Waals surface area (Å²) in [5.74, 6) is -0.331. The highest BCUT2D eigenvalue weighted by Crippen LogP contribution is 2.20. The van der Waals surface area contributed by atoms with Crippen LogP contribution in [0.3, 0.4) is 0 Å². The van der Waals surface area contributed by atoms with Crippen molar-refractivity contribution in [1.29, 1.82) is 0 Å². The molecule has 0 bridgehead atoms. The van der Waals surface area contributed by atoms with Crippen molar-refractivity contribution in [3.8, 4) is 0 Å². The van der Waals surface area contributed by atoms with Crippen LogP contribution in [0.4, 0.5) is 4.39 Å². The van der Waals surface area contributed by atoms with Gasteiger partial charge in [0.1, 0.15) is 5.82 Å². The fourth-order valence-electron chi connectivity index (χ4n) is 1.64. The molecule has 1 rings (SSSR count). The summed E-state index contributed by atoms with van der Waals surface area (Å²) in [6.07, 6.45) is 0.882. The maximum Gasteiger partial charge on any atom is 0.323 e. The predicted octanol–water partition coefficient (Wildman–Crippen LogP) is 2.23. The molecule has 0 aliphatic rings. The number of halogens is 1. The van der Waals surface area contributed by atoms with E-state index in [1.165, 1.54) is 6.07 Å². The smallest absolute Gasteiger partial charge is 0.323 e. The Bertz CT molecular complexity index is 342. The van der Waals surface area contributed by atoms with E-state index in [4.69, 9.17) is 0 Å². The van der Waals surface area contributed by atoms with Crippen molar-refractivity contribution in [2.24, 2.45) is 5.41 Å². The molecule has 1 N–H and O–H groups in total. The summed E-state index contributed by atoms with van der Waals surface area (Å²) in [5.41, 5.74) is 1.63. The first-order valence-electron chi connectivity index (χ1n) is 5.26. The topological polar surface area (TPSA) is 20.2 Å². The Morgan fingerprint density at radius 1 is 1.33 bits per heavy atom. The minimum atomic E-state index is -0.745. The fraction of sp³-hybridized carbons (Fsp3) is 0.500. The van der Waals surface area contributed by atoms with E-state index < -0.39 is 6.92 Å². The van der Waals surface area contributed by atoms with Crippen LogP contribution in [-0.4, -0.2) is 11.9 Å². The average molecular weight is 208 g/mol. The van der Waals surface area contributed by atoms with Gasteiger partial charge >= 0.3 is 6.92 Å². The Labute approximate surface area is 91.4 Å². The Kier molecular flexibility index (Phi) is 3.56. The van der Waals surface area contributed by atoms with Gasteiger partial charge in [0.15, 0.2) is 0 Å². The third-order valence-corrected chi connectivity index (χ3v) is 2.24. The van der Waals surface area contributed by atoms with Gasteiger partial charge < -0.3 is 5.02 Å². The molecule has 0 aliphatic carbocycles. The van der Waals surface area contributed by atoms with E-state index >= 15 is 0 Å². The van der Waals surface area contributed by atoms with E-state index in [-0.39, 0.29) is 11.2 Å². The van der Waals surface area contributed by atoms with E-state index in [1.54, 1.807) is 19.0 Å². The van der Waals surface area contributed by atoms with Gasteiger partial charge in [-0.1, -0.05) is 39.7 Å². The molecule has 15 heavy (non-hydrogen) atoms. The first-order valence-corrected chi connectivity index (χ1v) is 5.26. The van der Waals surface area contributed by atoms with Crippen LogP contribution in [0.15, 0.2) is 18.2 Å². The van der Waals surface area contributed by atoms with E-state index in [9.17, 15) is 9.41 Å². The highest BCUT2D eigenvalue weighted by molar-refractivity contribution is 6.64. The van der Waals surface area contributed by atoms with Crippen LogP contribution in [0.5, 0.6) is 0 Å². The highest BCUT2D eigenvalue weighted by atomic mass is 19.1. The molecule has 0 saturated heterocycles. The number of rotatable bonds is 2. The monoisotopic (exact) mass is 208 g/mol. The molecule has 1 nitrogen and oxygen atoms in total. The fourth-order valence-corrected chi connectivity index (χ4v) is 1.64. The molecule has 0 aromatic heterocycles. The molecule has 0 unspecified atom stereocenters. The Balaban J connectivity index is 2.98. The normalized spacial score (nSPS) is 11.6. The first kappa shape index (κ1) is 12.2. The lowest BCUT2D eigenvalue weighted by Gasteiger charge is -2.18. The molecular weight excluding hydrogens is 190 g/mol. The molecule has 1 aromatic rings. The third kappa shape index (κ3) is 3.67. The lowest BCUT2D eigenvalue weighted by molar-refractivity contribution is 0.411. The van der Waals surface area contributed by atoms with Crippen molar-refractivity contribution >= 4 is 12.4 Å². The second-order valence-electron chi connectivity index (χ2n) is 5.27. The highest BCUT2D eigenvalue weighted by Gasteiger charge is 2.16. The molecule has 0 spiro atoms. The Morgan fingerprint density at radius 3 is 2.40 bits per heavy atom. The minimum absolute atomic E-state index is 0.174. The van der Waals surface area contributed by atoms with E-state index in [0.717, 1.165) is 12.0 Å². The van der Waals surface area contributed by atoms with Crippen LogP contribution in [-0.2, 0) is 6.42 Å². The molecule has 0 fully saturated rings.